The molecule has 0 aromatic carbocycles. The number of ether oxygens (including phenoxy) is 1. The first kappa shape index (κ1) is 13.0. The highest BCUT2D eigenvalue weighted by Gasteiger charge is 2.04. The van der Waals surface area contributed by atoms with Gasteiger partial charge in [0, 0.05) is 0 Å². The molecule has 0 aliphatic carbocycles. The second-order valence-corrected chi connectivity index (χ2v) is 4.84. The Morgan fingerprint density at radius 3 is 2.38 bits per heavy atom. The van der Waals surface area contributed by atoms with Crippen molar-refractivity contribution in [2.75, 3.05) is 18.1 Å². The van der Waals surface area contributed by atoms with Crippen molar-refractivity contribution in [1.29, 1.82) is 0 Å². The summed E-state index contributed by atoms with van der Waals surface area (Å²) < 4.78 is 5.20. The molecule has 0 saturated carbocycles. The molecule has 0 bridgehead atoms. The van der Waals surface area contributed by atoms with Crippen molar-refractivity contribution in [1.82, 2.24) is 0 Å². The molecule has 0 aromatic heterocycles. The minimum atomic E-state index is 0.152. The molecule has 13 heavy (non-hydrogen) atoms. The van der Waals surface area contributed by atoms with E-state index in [1.165, 1.54) is 0 Å². The molecule has 78 valence electrons. The molecule has 0 spiro atoms. The Kier molecular flexibility index (Phi) is 7.38. The van der Waals surface area contributed by atoms with E-state index in [1.54, 1.807) is 11.8 Å². The molecule has 0 rings (SSSR count). The lowest BCUT2D eigenvalue weighted by Gasteiger charge is -2.07. The standard InChI is InChI=1S/C10H20O2S/c1-8(2)6-13-7-10(11)5-12-9(3)4/h8-9H,5-7H2,1-4H3. The summed E-state index contributed by atoms with van der Waals surface area (Å²) in [6, 6.07) is 0. The number of thioether (sulfide) groups is 1. The van der Waals surface area contributed by atoms with Crippen LogP contribution in [-0.2, 0) is 9.53 Å². The van der Waals surface area contributed by atoms with Gasteiger partial charge in [-0.15, -0.1) is 0 Å². The molecule has 0 aromatic rings. The first-order chi connectivity index (χ1) is 6.02. The highest BCUT2D eigenvalue weighted by molar-refractivity contribution is 7.99. The molecular formula is C10H20O2S. The summed E-state index contributed by atoms with van der Waals surface area (Å²) in [5, 5.41) is 0. The van der Waals surface area contributed by atoms with Crippen molar-refractivity contribution in [3.63, 3.8) is 0 Å². The van der Waals surface area contributed by atoms with Gasteiger partial charge in [-0.1, -0.05) is 13.8 Å². The van der Waals surface area contributed by atoms with Crippen molar-refractivity contribution in [3.8, 4) is 0 Å². The molecule has 0 aliphatic heterocycles. The van der Waals surface area contributed by atoms with E-state index in [2.05, 4.69) is 13.8 Å². The molecule has 0 fully saturated rings. The minimum Gasteiger partial charge on any atom is -0.371 e. The van der Waals surface area contributed by atoms with E-state index in [1.807, 2.05) is 13.8 Å². The number of rotatable bonds is 7. The maximum atomic E-state index is 11.2. The summed E-state index contributed by atoms with van der Waals surface area (Å²) in [4.78, 5) is 11.2. The van der Waals surface area contributed by atoms with Crippen LogP contribution in [0.25, 0.3) is 0 Å². The zero-order valence-corrected chi connectivity index (χ0v) is 9.82. The van der Waals surface area contributed by atoms with E-state index < -0.39 is 0 Å². The molecule has 0 saturated heterocycles. The van der Waals surface area contributed by atoms with Crippen molar-refractivity contribution in [2.45, 2.75) is 33.8 Å². The summed E-state index contributed by atoms with van der Waals surface area (Å²) in [6.07, 6.45) is 0.152. The molecule has 0 N–H and O–H groups in total. The predicted octanol–water partition coefficient (Wildman–Crippen LogP) is 2.37. The predicted molar refractivity (Wildman–Crippen MR) is 58.3 cm³/mol. The Morgan fingerprint density at radius 2 is 1.92 bits per heavy atom. The summed E-state index contributed by atoms with van der Waals surface area (Å²) in [5.41, 5.74) is 0. The maximum absolute atomic E-state index is 11.2. The van der Waals surface area contributed by atoms with Gasteiger partial charge in [-0.3, -0.25) is 4.79 Å². The monoisotopic (exact) mass is 204 g/mol. The van der Waals surface area contributed by atoms with E-state index in [0.29, 0.717) is 11.7 Å². The van der Waals surface area contributed by atoms with Gasteiger partial charge in [0.2, 0.25) is 0 Å². The van der Waals surface area contributed by atoms with Crippen molar-refractivity contribution >= 4 is 17.5 Å². The van der Waals surface area contributed by atoms with Crippen LogP contribution in [0.4, 0.5) is 0 Å². The number of carbonyl (C=O) groups is 1. The van der Waals surface area contributed by atoms with Crippen LogP contribution in [0.15, 0.2) is 0 Å². The third-order valence-corrected chi connectivity index (χ3v) is 2.72. The van der Waals surface area contributed by atoms with Gasteiger partial charge in [-0.05, 0) is 25.5 Å². The quantitative estimate of drug-likeness (QED) is 0.637. The third-order valence-electron chi connectivity index (χ3n) is 1.29. The van der Waals surface area contributed by atoms with Crippen LogP contribution in [0.2, 0.25) is 0 Å². The first-order valence-electron chi connectivity index (χ1n) is 4.73. The van der Waals surface area contributed by atoms with E-state index in [4.69, 9.17) is 4.74 Å². The Bertz CT molecular complexity index is 144. The second-order valence-electron chi connectivity index (χ2n) is 3.81. The van der Waals surface area contributed by atoms with Gasteiger partial charge in [0.15, 0.2) is 5.78 Å². The second kappa shape index (κ2) is 7.39. The van der Waals surface area contributed by atoms with E-state index >= 15 is 0 Å². The Morgan fingerprint density at radius 1 is 1.31 bits per heavy atom. The Labute approximate surface area is 85.4 Å². The summed E-state index contributed by atoms with van der Waals surface area (Å²) in [5.74, 6) is 2.49. The lowest BCUT2D eigenvalue weighted by molar-refractivity contribution is -0.122. The summed E-state index contributed by atoms with van der Waals surface area (Å²) in [7, 11) is 0. The highest BCUT2D eigenvalue weighted by Crippen LogP contribution is 2.07. The summed E-state index contributed by atoms with van der Waals surface area (Å²) in [6.45, 7) is 8.45. The van der Waals surface area contributed by atoms with Crippen LogP contribution in [0.3, 0.4) is 0 Å². The van der Waals surface area contributed by atoms with Crippen LogP contribution < -0.4 is 0 Å². The number of ketones is 1. The van der Waals surface area contributed by atoms with Crippen LogP contribution in [0.1, 0.15) is 27.7 Å². The molecule has 0 amide bonds. The lowest BCUT2D eigenvalue weighted by Crippen LogP contribution is -2.15. The Hall–Kier alpha value is -0.0200. The zero-order chi connectivity index (χ0) is 10.3. The lowest BCUT2D eigenvalue weighted by atomic mass is 10.3. The van der Waals surface area contributed by atoms with Crippen molar-refractivity contribution in [3.05, 3.63) is 0 Å². The third kappa shape index (κ3) is 9.90. The van der Waals surface area contributed by atoms with Crippen LogP contribution in [0.5, 0.6) is 0 Å². The van der Waals surface area contributed by atoms with Gasteiger partial charge in [-0.2, -0.15) is 11.8 Å². The van der Waals surface area contributed by atoms with Gasteiger partial charge in [0.1, 0.15) is 6.61 Å². The van der Waals surface area contributed by atoms with Crippen molar-refractivity contribution < 1.29 is 9.53 Å². The average molecular weight is 204 g/mol. The topological polar surface area (TPSA) is 26.3 Å². The van der Waals surface area contributed by atoms with Gasteiger partial charge in [0.25, 0.3) is 0 Å². The SMILES string of the molecule is CC(C)CSCC(=O)COC(C)C. The number of Topliss-reactive ketones (excluding diaryl/α,β-unsaturated/α-hetero) is 1. The molecular weight excluding hydrogens is 184 g/mol. The fourth-order valence-corrected chi connectivity index (χ4v) is 1.61. The van der Waals surface area contributed by atoms with E-state index in [-0.39, 0.29) is 18.5 Å². The van der Waals surface area contributed by atoms with Crippen LogP contribution in [-0.4, -0.2) is 30.0 Å². The van der Waals surface area contributed by atoms with Gasteiger partial charge in [0.05, 0.1) is 11.9 Å². The van der Waals surface area contributed by atoms with Gasteiger partial charge < -0.3 is 4.74 Å². The molecule has 0 atom stereocenters. The maximum Gasteiger partial charge on any atom is 0.168 e. The number of hydrogen-bond donors (Lipinski definition) is 0. The smallest absolute Gasteiger partial charge is 0.168 e. The normalized spacial score (nSPS) is 11.2. The van der Waals surface area contributed by atoms with Gasteiger partial charge >= 0.3 is 0 Å². The molecule has 0 aliphatic rings. The van der Waals surface area contributed by atoms with Crippen LogP contribution in [0, 0.1) is 5.92 Å². The van der Waals surface area contributed by atoms with E-state index in [0.717, 1.165) is 5.75 Å². The fourth-order valence-electron chi connectivity index (χ4n) is 0.710. The number of hydrogen-bond acceptors (Lipinski definition) is 3. The Balaban J connectivity index is 3.30. The van der Waals surface area contributed by atoms with E-state index in [9.17, 15) is 4.79 Å². The molecule has 0 radical (unpaired) electrons. The molecule has 2 nitrogen and oxygen atoms in total. The fraction of sp³-hybridized carbons (Fsp3) is 0.900. The molecule has 3 heteroatoms. The van der Waals surface area contributed by atoms with Gasteiger partial charge in [-0.25, -0.2) is 0 Å². The molecule has 0 heterocycles. The largest absolute Gasteiger partial charge is 0.371 e. The summed E-state index contributed by atoms with van der Waals surface area (Å²) >= 11 is 1.69. The average Bonchev–Trinajstić information content (AvgIpc) is 2.00. The first-order valence-corrected chi connectivity index (χ1v) is 5.89. The minimum absolute atomic E-state index is 0.152. The zero-order valence-electron chi connectivity index (χ0n) is 9.00. The van der Waals surface area contributed by atoms with Crippen LogP contribution >= 0.6 is 11.8 Å². The number of carbonyl (C=O) groups excluding carboxylic acids is 1. The van der Waals surface area contributed by atoms with Crippen molar-refractivity contribution in [2.24, 2.45) is 5.92 Å². The molecule has 0 unspecified atom stereocenters. The highest BCUT2D eigenvalue weighted by atomic mass is 32.2.